The zero-order chi connectivity index (χ0) is 14.8. The van der Waals surface area contributed by atoms with Crippen LogP contribution in [0.4, 0.5) is 0 Å². The number of thioether (sulfide) groups is 1. The predicted octanol–water partition coefficient (Wildman–Crippen LogP) is 5.10. The molecule has 1 N–H and O–H groups in total. The number of halogens is 2. The van der Waals surface area contributed by atoms with E-state index in [9.17, 15) is 0 Å². The summed E-state index contributed by atoms with van der Waals surface area (Å²) in [6, 6.07) is 15.8. The summed E-state index contributed by atoms with van der Waals surface area (Å²) in [6.07, 6.45) is 2.02. The van der Waals surface area contributed by atoms with Gasteiger partial charge in [0, 0.05) is 10.0 Å². The second-order valence-corrected chi connectivity index (χ2v) is 6.48. The van der Waals surface area contributed by atoms with Gasteiger partial charge in [0.05, 0.1) is 6.04 Å². The summed E-state index contributed by atoms with van der Waals surface area (Å²) in [5, 5.41) is 5.86. The molecule has 21 heavy (non-hydrogen) atoms. The molecule has 0 bridgehead atoms. The Balaban J connectivity index is 2.00. The number of hydrogen-bond donors (Lipinski definition) is 1. The third kappa shape index (κ3) is 3.20. The lowest BCUT2D eigenvalue weighted by atomic mass is 9.95. The highest BCUT2D eigenvalue weighted by molar-refractivity contribution is 8.13. The molecule has 0 saturated heterocycles. The molecule has 108 valence electrons. The molecule has 1 heterocycles. The molecule has 0 spiro atoms. The van der Waals surface area contributed by atoms with Gasteiger partial charge in [0.1, 0.15) is 6.04 Å². The van der Waals surface area contributed by atoms with Gasteiger partial charge in [-0.05, 0) is 41.6 Å². The minimum atomic E-state index is 0.00427. The van der Waals surface area contributed by atoms with Crippen molar-refractivity contribution in [1.82, 2.24) is 5.32 Å². The number of hydrogen-bond acceptors (Lipinski definition) is 3. The number of nitrogens with one attached hydrogen (secondary N) is 1. The van der Waals surface area contributed by atoms with Crippen LogP contribution in [0.2, 0.25) is 10.0 Å². The molecular weight excluding hydrogens is 323 g/mol. The Morgan fingerprint density at radius 2 is 1.62 bits per heavy atom. The Hall–Kier alpha value is -1.16. The fourth-order valence-electron chi connectivity index (χ4n) is 2.48. The highest BCUT2D eigenvalue weighted by Gasteiger charge is 2.31. The van der Waals surface area contributed by atoms with Crippen LogP contribution >= 0.6 is 35.0 Å². The number of nitrogens with zero attached hydrogens (tertiary/aromatic N) is 1. The van der Waals surface area contributed by atoms with Gasteiger partial charge >= 0.3 is 0 Å². The molecule has 0 fully saturated rings. The van der Waals surface area contributed by atoms with E-state index in [1.807, 2.05) is 42.7 Å². The maximum Gasteiger partial charge on any atom is 0.157 e. The Labute approximate surface area is 138 Å². The molecule has 2 aromatic rings. The van der Waals surface area contributed by atoms with Gasteiger partial charge in [0.2, 0.25) is 0 Å². The maximum atomic E-state index is 6.12. The van der Waals surface area contributed by atoms with Gasteiger partial charge in [0.15, 0.2) is 5.17 Å². The van der Waals surface area contributed by atoms with E-state index in [2.05, 4.69) is 17.4 Å². The van der Waals surface area contributed by atoms with Crippen molar-refractivity contribution in [3.05, 3.63) is 69.7 Å². The summed E-state index contributed by atoms with van der Waals surface area (Å²) in [5.41, 5.74) is 2.23. The van der Waals surface area contributed by atoms with Crippen molar-refractivity contribution in [2.75, 3.05) is 6.26 Å². The summed E-state index contributed by atoms with van der Waals surface area (Å²) in [5.74, 6) is 0. The van der Waals surface area contributed by atoms with E-state index < -0.39 is 0 Å². The average molecular weight is 337 g/mol. The number of rotatable bonds is 2. The molecule has 5 heteroatoms. The van der Waals surface area contributed by atoms with Crippen LogP contribution in [0, 0.1) is 0 Å². The van der Waals surface area contributed by atoms with Crippen LogP contribution in [0.5, 0.6) is 0 Å². The number of benzene rings is 2. The zero-order valence-electron chi connectivity index (χ0n) is 11.4. The van der Waals surface area contributed by atoms with Crippen LogP contribution in [0.15, 0.2) is 53.5 Å². The number of amidine groups is 1. The largest absolute Gasteiger partial charge is 0.356 e. The minimum absolute atomic E-state index is 0.00427. The van der Waals surface area contributed by atoms with E-state index in [0.29, 0.717) is 0 Å². The average Bonchev–Trinajstić information content (AvgIpc) is 2.91. The summed E-state index contributed by atoms with van der Waals surface area (Å²) < 4.78 is 0. The molecule has 2 aromatic carbocycles. The van der Waals surface area contributed by atoms with Gasteiger partial charge < -0.3 is 5.32 Å². The summed E-state index contributed by atoms with van der Waals surface area (Å²) >= 11 is 13.8. The van der Waals surface area contributed by atoms with Crippen molar-refractivity contribution >= 4 is 40.1 Å². The highest BCUT2D eigenvalue weighted by Crippen LogP contribution is 2.38. The Morgan fingerprint density at radius 1 is 1.00 bits per heavy atom. The van der Waals surface area contributed by atoms with E-state index in [4.69, 9.17) is 28.2 Å². The zero-order valence-corrected chi connectivity index (χ0v) is 13.7. The lowest BCUT2D eigenvalue weighted by Gasteiger charge is -2.20. The predicted molar refractivity (Wildman–Crippen MR) is 92.5 cm³/mol. The first-order valence-corrected chi connectivity index (χ1v) is 8.54. The molecule has 2 atom stereocenters. The maximum absolute atomic E-state index is 6.12. The summed E-state index contributed by atoms with van der Waals surface area (Å²) in [7, 11) is 0. The third-order valence-electron chi connectivity index (χ3n) is 3.44. The first-order valence-electron chi connectivity index (χ1n) is 6.56. The molecule has 0 radical (unpaired) electrons. The first kappa shape index (κ1) is 14.8. The summed E-state index contributed by atoms with van der Waals surface area (Å²) in [6.45, 7) is 0. The molecule has 0 amide bonds. The fraction of sp³-hybridized carbons (Fsp3) is 0.188. The van der Waals surface area contributed by atoms with Crippen molar-refractivity contribution in [2.24, 2.45) is 4.99 Å². The van der Waals surface area contributed by atoms with Gasteiger partial charge in [-0.25, -0.2) is 0 Å². The van der Waals surface area contributed by atoms with Crippen molar-refractivity contribution < 1.29 is 0 Å². The van der Waals surface area contributed by atoms with Crippen molar-refractivity contribution in [1.29, 1.82) is 0 Å². The molecule has 1 aliphatic rings. The first-order chi connectivity index (χ1) is 10.2. The molecule has 1 aliphatic heterocycles. The molecule has 0 aromatic heterocycles. The number of aliphatic imine (C=N–C) groups is 1. The third-order valence-corrected chi connectivity index (χ3v) is 4.52. The molecule has 0 saturated carbocycles. The van der Waals surface area contributed by atoms with Crippen molar-refractivity contribution in [3.8, 4) is 0 Å². The van der Waals surface area contributed by atoms with Crippen LogP contribution in [0.25, 0.3) is 0 Å². The SMILES string of the molecule is CSC1=N[C@@H](c2cccc(Cl)c2)[C@@H](c2cccc(Cl)c2)N1. The Bertz CT molecular complexity index is 687. The Morgan fingerprint density at radius 3 is 2.24 bits per heavy atom. The van der Waals surface area contributed by atoms with Crippen LogP contribution < -0.4 is 5.32 Å². The molecule has 0 unspecified atom stereocenters. The molecule has 2 nitrogen and oxygen atoms in total. The van der Waals surface area contributed by atoms with Crippen LogP contribution in [0.1, 0.15) is 23.2 Å². The smallest absolute Gasteiger partial charge is 0.157 e. The van der Waals surface area contributed by atoms with Crippen molar-refractivity contribution in [3.63, 3.8) is 0 Å². The van der Waals surface area contributed by atoms with Crippen LogP contribution in [0.3, 0.4) is 0 Å². The fourth-order valence-corrected chi connectivity index (χ4v) is 3.35. The van der Waals surface area contributed by atoms with E-state index in [0.717, 1.165) is 26.3 Å². The molecular formula is C16H14Cl2N2S. The van der Waals surface area contributed by atoms with Gasteiger partial charge in [-0.2, -0.15) is 0 Å². The second kappa shape index (κ2) is 6.30. The van der Waals surface area contributed by atoms with Crippen LogP contribution in [-0.4, -0.2) is 11.4 Å². The second-order valence-electron chi connectivity index (χ2n) is 4.82. The standard InChI is InChI=1S/C16H14Cl2N2S/c1-21-16-19-14(10-4-2-6-12(17)8-10)15(20-16)11-5-3-7-13(18)9-11/h2-9,14-15H,1H3,(H,19,20)/t14-,15+. The summed E-state index contributed by atoms with van der Waals surface area (Å²) in [4.78, 5) is 4.77. The lowest BCUT2D eigenvalue weighted by Crippen LogP contribution is -2.22. The minimum Gasteiger partial charge on any atom is -0.356 e. The van der Waals surface area contributed by atoms with Crippen molar-refractivity contribution in [2.45, 2.75) is 12.1 Å². The normalized spacial score (nSPS) is 21.0. The monoisotopic (exact) mass is 336 g/mol. The quantitative estimate of drug-likeness (QED) is 0.825. The lowest BCUT2D eigenvalue weighted by molar-refractivity contribution is 0.573. The van der Waals surface area contributed by atoms with Gasteiger partial charge in [-0.15, -0.1) is 0 Å². The van der Waals surface area contributed by atoms with Gasteiger partial charge in [-0.3, -0.25) is 4.99 Å². The highest BCUT2D eigenvalue weighted by atomic mass is 35.5. The van der Waals surface area contributed by atoms with E-state index >= 15 is 0 Å². The van der Waals surface area contributed by atoms with Gasteiger partial charge in [-0.1, -0.05) is 59.2 Å². The Kier molecular flexibility index (Phi) is 4.43. The molecule has 0 aliphatic carbocycles. The van der Waals surface area contributed by atoms with Crippen LogP contribution in [-0.2, 0) is 0 Å². The van der Waals surface area contributed by atoms with Gasteiger partial charge in [0.25, 0.3) is 0 Å². The van der Waals surface area contributed by atoms with E-state index in [-0.39, 0.29) is 12.1 Å². The molecule has 3 rings (SSSR count). The van der Waals surface area contributed by atoms with E-state index in [1.54, 1.807) is 11.8 Å². The topological polar surface area (TPSA) is 24.4 Å². The van der Waals surface area contributed by atoms with E-state index in [1.165, 1.54) is 0 Å².